The summed E-state index contributed by atoms with van der Waals surface area (Å²) < 4.78 is 1.73. The third-order valence-electron chi connectivity index (χ3n) is 3.06. The molecule has 0 radical (unpaired) electrons. The Kier molecular flexibility index (Phi) is 3.98. The van der Waals surface area contributed by atoms with E-state index in [2.05, 4.69) is 15.5 Å². The number of rotatable bonds is 4. The molecule has 0 unspecified atom stereocenters. The molecular formula is C15H15N5S. The largest absolute Gasteiger partial charge is 0.324 e. The first-order valence-corrected chi connectivity index (χ1v) is 7.43. The molecule has 0 bridgehead atoms. The maximum Gasteiger partial charge on any atom is 0.218 e. The van der Waals surface area contributed by atoms with Crippen LogP contribution in [0.2, 0.25) is 0 Å². The third-order valence-corrected chi connectivity index (χ3v) is 4.00. The van der Waals surface area contributed by atoms with Gasteiger partial charge in [0, 0.05) is 10.9 Å². The lowest BCUT2D eigenvalue weighted by molar-refractivity contribution is 0.756. The van der Waals surface area contributed by atoms with Crippen molar-refractivity contribution in [2.24, 2.45) is 5.73 Å². The van der Waals surface area contributed by atoms with Crippen LogP contribution in [0.4, 0.5) is 0 Å². The fourth-order valence-electron chi connectivity index (χ4n) is 1.92. The highest BCUT2D eigenvalue weighted by Gasteiger charge is 2.10. The van der Waals surface area contributed by atoms with E-state index in [1.165, 1.54) is 11.8 Å². The fourth-order valence-corrected chi connectivity index (χ4v) is 2.71. The van der Waals surface area contributed by atoms with Crippen LogP contribution >= 0.6 is 11.8 Å². The summed E-state index contributed by atoms with van der Waals surface area (Å²) in [5.41, 5.74) is 7.91. The molecule has 3 rings (SSSR count). The van der Waals surface area contributed by atoms with Crippen LogP contribution in [-0.2, 0) is 0 Å². The quantitative estimate of drug-likeness (QED) is 0.802. The van der Waals surface area contributed by atoms with Crippen LogP contribution < -0.4 is 5.73 Å². The maximum atomic E-state index is 5.86. The zero-order valence-corrected chi connectivity index (χ0v) is 12.4. The van der Waals surface area contributed by atoms with Gasteiger partial charge in [-0.25, -0.2) is 0 Å². The van der Waals surface area contributed by atoms with Crippen LogP contribution in [-0.4, -0.2) is 20.2 Å². The van der Waals surface area contributed by atoms with Crippen LogP contribution in [0, 0.1) is 0 Å². The van der Waals surface area contributed by atoms with E-state index in [1.54, 1.807) is 4.68 Å². The molecule has 2 aromatic carbocycles. The smallest absolute Gasteiger partial charge is 0.218 e. The Morgan fingerprint density at radius 3 is 2.43 bits per heavy atom. The Morgan fingerprint density at radius 1 is 1.05 bits per heavy atom. The molecule has 1 aromatic heterocycles. The van der Waals surface area contributed by atoms with Crippen molar-refractivity contribution in [3.63, 3.8) is 0 Å². The second-order valence-electron chi connectivity index (χ2n) is 4.67. The lowest BCUT2D eigenvalue weighted by atomic mass is 10.1. The molecule has 2 N–H and O–H groups in total. The summed E-state index contributed by atoms with van der Waals surface area (Å²) in [5, 5.41) is 12.6. The van der Waals surface area contributed by atoms with E-state index in [1.807, 2.05) is 61.5 Å². The number of hydrogen-bond acceptors (Lipinski definition) is 5. The fraction of sp³-hybridized carbons (Fsp3) is 0.133. The highest BCUT2D eigenvalue weighted by atomic mass is 32.2. The van der Waals surface area contributed by atoms with Gasteiger partial charge in [-0.2, -0.15) is 4.68 Å². The second kappa shape index (κ2) is 6.07. The van der Waals surface area contributed by atoms with Crippen molar-refractivity contribution in [3.8, 4) is 5.69 Å². The highest BCUT2D eigenvalue weighted by Crippen LogP contribution is 2.27. The van der Waals surface area contributed by atoms with Crippen molar-refractivity contribution in [2.75, 3.05) is 0 Å². The summed E-state index contributed by atoms with van der Waals surface area (Å²) in [5.74, 6) is 0. The topological polar surface area (TPSA) is 69.6 Å². The molecule has 1 atom stereocenters. The summed E-state index contributed by atoms with van der Waals surface area (Å²) >= 11 is 1.52. The summed E-state index contributed by atoms with van der Waals surface area (Å²) in [7, 11) is 0. The molecule has 5 nitrogen and oxygen atoms in total. The number of hydrogen-bond donors (Lipinski definition) is 1. The molecule has 0 fully saturated rings. The van der Waals surface area contributed by atoms with Crippen molar-refractivity contribution < 1.29 is 0 Å². The molecule has 1 heterocycles. The van der Waals surface area contributed by atoms with Gasteiger partial charge in [0.25, 0.3) is 0 Å². The standard InChI is InChI=1S/C15H15N5S/c1-11(16)12-7-9-14(10-8-12)21-15-17-18-19-20(15)13-5-3-2-4-6-13/h2-11H,16H2,1H3/t11-/m0/s1. The predicted molar refractivity (Wildman–Crippen MR) is 82.3 cm³/mol. The Labute approximate surface area is 127 Å². The zero-order valence-electron chi connectivity index (χ0n) is 11.5. The SMILES string of the molecule is C[C@H](N)c1ccc(Sc2nnnn2-c2ccccc2)cc1. The molecule has 106 valence electrons. The number of para-hydroxylation sites is 1. The molecule has 0 spiro atoms. The van der Waals surface area contributed by atoms with Gasteiger partial charge in [0.2, 0.25) is 5.16 Å². The average Bonchev–Trinajstić information content (AvgIpc) is 2.97. The number of nitrogens with two attached hydrogens (primary N) is 1. The van der Waals surface area contributed by atoms with Crippen LogP contribution in [0.25, 0.3) is 5.69 Å². The van der Waals surface area contributed by atoms with Gasteiger partial charge in [-0.1, -0.05) is 30.3 Å². The molecule has 0 aliphatic carbocycles. The van der Waals surface area contributed by atoms with Crippen molar-refractivity contribution in [1.29, 1.82) is 0 Å². The van der Waals surface area contributed by atoms with Gasteiger partial charge in [-0.05, 0) is 58.9 Å². The number of tetrazole rings is 1. The molecule has 0 saturated heterocycles. The lowest BCUT2D eigenvalue weighted by Gasteiger charge is -2.07. The molecular weight excluding hydrogens is 282 g/mol. The van der Waals surface area contributed by atoms with Crippen molar-refractivity contribution in [1.82, 2.24) is 20.2 Å². The average molecular weight is 297 g/mol. The highest BCUT2D eigenvalue weighted by molar-refractivity contribution is 7.99. The predicted octanol–water partition coefficient (Wildman–Crippen LogP) is 2.83. The van der Waals surface area contributed by atoms with E-state index in [0.717, 1.165) is 21.3 Å². The van der Waals surface area contributed by atoms with Gasteiger partial charge in [0.15, 0.2) is 0 Å². The normalized spacial score (nSPS) is 12.3. The van der Waals surface area contributed by atoms with Gasteiger partial charge < -0.3 is 5.73 Å². The number of aromatic nitrogens is 4. The third kappa shape index (κ3) is 3.12. The van der Waals surface area contributed by atoms with E-state index in [0.29, 0.717) is 0 Å². The van der Waals surface area contributed by atoms with Crippen LogP contribution in [0.1, 0.15) is 18.5 Å². The van der Waals surface area contributed by atoms with E-state index >= 15 is 0 Å². The molecule has 0 aliphatic rings. The van der Waals surface area contributed by atoms with Gasteiger partial charge in [-0.3, -0.25) is 0 Å². The Bertz CT molecular complexity index is 706. The van der Waals surface area contributed by atoms with E-state index in [9.17, 15) is 0 Å². The van der Waals surface area contributed by atoms with Crippen molar-refractivity contribution >= 4 is 11.8 Å². The number of nitrogens with zero attached hydrogens (tertiary/aromatic N) is 4. The van der Waals surface area contributed by atoms with Crippen LogP contribution in [0.3, 0.4) is 0 Å². The monoisotopic (exact) mass is 297 g/mol. The van der Waals surface area contributed by atoms with Crippen molar-refractivity contribution in [2.45, 2.75) is 23.0 Å². The molecule has 0 saturated carbocycles. The summed E-state index contributed by atoms with van der Waals surface area (Å²) in [6.07, 6.45) is 0. The summed E-state index contributed by atoms with van der Waals surface area (Å²) in [6, 6.07) is 18.0. The van der Waals surface area contributed by atoms with Crippen molar-refractivity contribution in [3.05, 3.63) is 60.2 Å². The Hall–Kier alpha value is -2.18. The molecule has 3 aromatic rings. The zero-order chi connectivity index (χ0) is 14.7. The second-order valence-corrected chi connectivity index (χ2v) is 5.71. The molecule has 21 heavy (non-hydrogen) atoms. The van der Waals surface area contributed by atoms with E-state index in [-0.39, 0.29) is 6.04 Å². The molecule has 0 aliphatic heterocycles. The van der Waals surface area contributed by atoms with Gasteiger partial charge >= 0.3 is 0 Å². The summed E-state index contributed by atoms with van der Waals surface area (Å²) in [4.78, 5) is 1.08. The first-order chi connectivity index (χ1) is 10.2. The molecule has 0 amide bonds. The minimum absolute atomic E-state index is 0.0405. The van der Waals surface area contributed by atoms with Gasteiger partial charge in [0.1, 0.15) is 0 Å². The minimum Gasteiger partial charge on any atom is -0.324 e. The summed E-state index contributed by atoms with van der Waals surface area (Å²) in [6.45, 7) is 1.97. The van der Waals surface area contributed by atoms with Gasteiger partial charge in [-0.15, -0.1) is 5.10 Å². The lowest BCUT2D eigenvalue weighted by Crippen LogP contribution is -2.04. The first kappa shape index (κ1) is 13.8. The maximum absolute atomic E-state index is 5.86. The van der Waals surface area contributed by atoms with E-state index in [4.69, 9.17) is 5.73 Å². The van der Waals surface area contributed by atoms with Crippen LogP contribution in [0.15, 0.2) is 64.6 Å². The van der Waals surface area contributed by atoms with E-state index < -0.39 is 0 Å². The van der Waals surface area contributed by atoms with Crippen LogP contribution in [0.5, 0.6) is 0 Å². The number of benzene rings is 2. The molecule has 6 heteroatoms. The Morgan fingerprint density at radius 2 is 1.76 bits per heavy atom. The Balaban J connectivity index is 1.84. The minimum atomic E-state index is 0.0405. The first-order valence-electron chi connectivity index (χ1n) is 6.61. The van der Waals surface area contributed by atoms with Gasteiger partial charge in [0.05, 0.1) is 5.69 Å².